The van der Waals surface area contributed by atoms with Gasteiger partial charge in [-0.25, -0.2) is 9.97 Å². The molecule has 0 aliphatic rings. The number of carbonyl (C=O) groups is 1. The Morgan fingerprint density at radius 2 is 1.77 bits per heavy atom. The summed E-state index contributed by atoms with van der Waals surface area (Å²) in [5.41, 5.74) is 6.00. The van der Waals surface area contributed by atoms with E-state index in [4.69, 9.17) is 4.98 Å². The summed E-state index contributed by atoms with van der Waals surface area (Å²) in [6, 6.07) is 19.8. The molecule has 1 amide bonds. The molecule has 1 N–H and O–H groups in total. The first-order valence-corrected chi connectivity index (χ1v) is 10.8. The third kappa shape index (κ3) is 4.31. The second-order valence-electron chi connectivity index (χ2n) is 7.26. The summed E-state index contributed by atoms with van der Waals surface area (Å²) in [6.45, 7) is 6.20. The zero-order chi connectivity index (χ0) is 21.1. The topological polar surface area (TPSA) is 54.9 Å². The molecular weight excluding hydrogens is 390 g/mol. The van der Waals surface area contributed by atoms with E-state index in [1.165, 1.54) is 5.56 Å². The van der Waals surface area contributed by atoms with Crippen LogP contribution in [-0.2, 0) is 6.42 Å². The van der Waals surface area contributed by atoms with Gasteiger partial charge in [-0.1, -0.05) is 48.4 Å². The molecule has 0 saturated heterocycles. The van der Waals surface area contributed by atoms with Crippen LogP contribution in [0.2, 0.25) is 0 Å². The maximum atomic E-state index is 12.6. The van der Waals surface area contributed by atoms with Crippen molar-refractivity contribution < 1.29 is 4.79 Å². The van der Waals surface area contributed by atoms with Gasteiger partial charge < -0.3 is 5.32 Å². The minimum absolute atomic E-state index is 0.169. The number of carbonyl (C=O) groups excluding carboxylic acids is 1. The highest BCUT2D eigenvalue weighted by atomic mass is 32.1. The lowest BCUT2D eigenvalue weighted by atomic mass is 10.1. The summed E-state index contributed by atoms with van der Waals surface area (Å²) < 4.78 is 0. The van der Waals surface area contributed by atoms with Gasteiger partial charge in [-0.2, -0.15) is 0 Å². The van der Waals surface area contributed by atoms with Gasteiger partial charge in [0.2, 0.25) is 0 Å². The summed E-state index contributed by atoms with van der Waals surface area (Å²) in [5.74, 6) is 0.358. The number of aromatic nitrogens is 2. The number of nitrogens with one attached hydrogen (secondary N) is 1. The summed E-state index contributed by atoms with van der Waals surface area (Å²) in [6.07, 6.45) is 2.61. The van der Waals surface area contributed by atoms with Crippen molar-refractivity contribution >= 4 is 23.1 Å². The number of anilines is 1. The Morgan fingerprint density at radius 1 is 0.967 bits per heavy atom. The zero-order valence-corrected chi connectivity index (χ0v) is 18.1. The minimum Gasteiger partial charge on any atom is -0.307 e. The highest BCUT2D eigenvalue weighted by molar-refractivity contribution is 7.15. The van der Waals surface area contributed by atoms with Gasteiger partial charge in [0.05, 0.1) is 15.6 Å². The van der Waals surface area contributed by atoms with Gasteiger partial charge >= 0.3 is 0 Å². The Kier molecular flexibility index (Phi) is 5.72. The van der Waals surface area contributed by atoms with Crippen molar-refractivity contribution in [2.45, 2.75) is 27.2 Å². The van der Waals surface area contributed by atoms with Gasteiger partial charge in [0.15, 0.2) is 0 Å². The Labute approximate surface area is 180 Å². The van der Waals surface area contributed by atoms with Crippen LogP contribution in [0.5, 0.6) is 0 Å². The Morgan fingerprint density at radius 3 is 2.50 bits per heavy atom. The predicted octanol–water partition coefficient (Wildman–Crippen LogP) is 6.30. The molecule has 2 aromatic heterocycles. The Balaban J connectivity index is 1.68. The quantitative estimate of drug-likeness (QED) is 0.417. The Bertz CT molecular complexity index is 1200. The molecule has 0 saturated carbocycles. The van der Waals surface area contributed by atoms with Crippen molar-refractivity contribution in [2.24, 2.45) is 0 Å². The van der Waals surface area contributed by atoms with Gasteiger partial charge in [-0.3, -0.25) is 4.79 Å². The number of nitrogens with zero attached hydrogens (tertiary/aromatic N) is 2. The molecule has 30 heavy (non-hydrogen) atoms. The third-order valence-electron chi connectivity index (χ3n) is 4.84. The highest BCUT2D eigenvalue weighted by Crippen LogP contribution is 2.37. The number of hydrogen-bond donors (Lipinski definition) is 1. The molecule has 0 bridgehead atoms. The molecule has 5 heteroatoms. The van der Waals surface area contributed by atoms with Crippen LogP contribution in [0.4, 0.5) is 5.82 Å². The number of hydrogen-bond acceptors (Lipinski definition) is 4. The first kappa shape index (κ1) is 20.0. The number of amides is 1. The average molecular weight is 414 g/mol. The van der Waals surface area contributed by atoms with Gasteiger partial charge in [-0.15, -0.1) is 11.3 Å². The highest BCUT2D eigenvalue weighted by Gasteiger charge is 2.16. The number of pyridine rings is 1. The average Bonchev–Trinajstić information content (AvgIpc) is 3.19. The minimum atomic E-state index is -0.169. The van der Waals surface area contributed by atoms with Crippen LogP contribution >= 0.6 is 11.3 Å². The van der Waals surface area contributed by atoms with Crippen molar-refractivity contribution in [1.29, 1.82) is 0 Å². The number of thiazole rings is 1. The van der Waals surface area contributed by atoms with E-state index in [0.717, 1.165) is 38.7 Å². The summed E-state index contributed by atoms with van der Waals surface area (Å²) in [4.78, 5) is 22.9. The summed E-state index contributed by atoms with van der Waals surface area (Å²) in [5, 5.41) is 4.00. The molecule has 0 atom stereocenters. The monoisotopic (exact) mass is 413 g/mol. The largest absolute Gasteiger partial charge is 0.307 e. The van der Waals surface area contributed by atoms with Gasteiger partial charge in [0, 0.05) is 17.3 Å². The van der Waals surface area contributed by atoms with Crippen molar-refractivity contribution in [2.75, 3.05) is 5.32 Å². The molecule has 0 radical (unpaired) electrons. The first-order chi connectivity index (χ1) is 14.5. The molecule has 2 aromatic carbocycles. The standard InChI is InChI=1S/C25H23N3OS/c1-4-22-28-23(19-7-5-6-17(3)14-19)24(30-22)20-12-13-26-21(15-20)27-25(29)18-10-8-16(2)9-11-18/h5-15H,4H2,1-3H3,(H,26,27,29). The first-order valence-electron chi connectivity index (χ1n) is 9.94. The lowest BCUT2D eigenvalue weighted by molar-refractivity contribution is 0.102. The molecular formula is C25H23N3OS. The normalized spacial score (nSPS) is 10.8. The van der Waals surface area contributed by atoms with Crippen molar-refractivity contribution in [3.63, 3.8) is 0 Å². The lowest BCUT2D eigenvalue weighted by Gasteiger charge is -2.08. The smallest absolute Gasteiger partial charge is 0.256 e. The molecule has 4 aromatic rings. The van der Waals surface area contributed by atoms with E-state index in [1.54, 1.807) is 17.5 Å². The summed E-state index contributed by atoms with van der Waals surface area (Å²) in [7, 11) is 0. The van der Waals surface area contributed by atoms with E-state index in [9.17, 15) is 4.79 Å². The van der Waals surface area contributed by atoms with E-state index < -0.39 is 0 Å². The van der Waals surface area contributed by atoms with E-state index in [-0.39, 0.29) is 5.91 Å². The molecule has 0 spiro atoms. The van der Waals surface area contributed by atoms with E-state index in [2.05, 4.69) is 48.4 Å². The summed E-state index contributed by atoms with van der Waals surface area (Å²) >= 11 is 1.69. The van der Waals surface area contributed by atoms with Gasteiger partial charge in [-0.05, 0) is 56.2 Å². The second kappa shape index (κ2) is 8.59. The van der Waals surface area contributed by atoms with Crippen molar-refractivity contribution in [3.8, 4) is 21.7 Å². The SMILES string of the molecule is CCc1nc(-c2cccc(C)c2)c(-c2ccnc(NC(=O)c3ccc(C)cc3)c2)s1. The van der Waals surface area contributed by atoms with Crippen LogP contribution in [0.1, 0.15) is 33.4 Å². The molecule has 4 nitrogen and oxygen atoms in total. The maximum Gasteiger partial charge on any atom is 0.256 e. The van der Waals surface area contributed by atoms with Crippen molar-refractivity contribution in [3.05, 3.63) is 88.6 Å². The maximum absolute atomic E-state index is 12.6. The van der Waals surface area contributed by atoms with Crippen molar-refractivity contribution in [1.82, 2.24) is 9.97 Å². The van der Waals surface area contributed by atoms with Crippen LogP contribution in [0.25, 0.3) is 21.7 Å². The number of benzene rings is 2. The van der Waals surface area contributed by atoms with E-state index in [0.29, 0.717) is 11.4 Å². The molecule has 4 rings (SSSR count). The van der Waals surface area contributed by atoms with Crippen LogP contribution in [0, 0.1) is 13.8 Å². The molecule has 0 aliphatic heterocycles. The predicted molar refractivity (Wildman–Crippen MR) is 124 cm³/mol. The zero-order valence-electron chi connectivity index (χ0n) is 17.3. The van der Waals surface area contributed by atoms with Gasteiger partial charge in [0.25, 0.3) is 5.91 Å². The molecule has 150 valence electrons. The molecule has 0 unspecified atom stereocenters. The second-order valence-corrected chi connectivity index (χ2v) is 8.34. The van der Waals surface area contributed by atoms with E-state index >= 15 is 0 Å². The fourth-order valence-electron chi connectivity index (χ4n) is 3.23. The fourth-order valence-corrected chi connectivity index (χ4v) is 4.25. The van der Waals surface area contributed by atoms with Crippen LogP contribution < -0.4 is 5.32 Å². The molecule has 2 heterocycles. The molecule has 0 aliphatic carbocycles. The fraction of sp³-hybridized carbons (Fsp3) is 0.160. The van der Waals surface area contributed by atoms with Crippen LogP contribution in [0.3, 0.4) is 0 Å². The van der Waals surface area contributed by atoms with Crippen LogP contribution in [-0.4, -0.2) is 15.9 Å². The lowest BCUT2D eigenvalue weighted by Crippen LogP contribution is -2.12. The molecule has 0 fully saturated rings. The Hall–Kier alpha value is -3.31. The van der Waals surface area contributed by atoms with Crippen LogP contribution in [0.15, 0.2) is 66.9 Å². The third-order valence-corrected chi connectivity index (χ3v) is 6.09. The number of rotatable bonds is 5. The van der Waals surface area contributed by atoms with Gasteiger partial charge in [0.1, 0.15) is 5.82 Å². The number of aryl methyl sites for hydroxylation is 3. The van der Waals surface area contributed by atoms with E-state index in [1.807, 2.05) is 43.3 Å².